The second-order valence-corrected chi connectivity index (χ2v) is 7.35. The number of hydrogen-bond donors (Lipinski definition) is 1. The zero-order valence-electron chi connectivity index (χ0n) is 15.2. The smallest absolute Gasteiger partial charge is 0.359 e. The number of ether oxygens (including phenoxy) is 1. The van der Waals surface area contributed by atoms with Crippen molar-refractivity contribution in [2.45, 2.75) is 44.9 Å². The van der Waals surface area contributed by atoms with E-state index < -0.39 is 23.1 Å². The molecule has 0 saturated carbocycles. The van der Waals surface area contributed by atoms with Crippen LogP contribution in [0.2, 0.25) is 0 Å². The standard InChI is InChI=1S/C20H23N3O3/c1-19(2,3)26-18(25)20(21)17(24)23(15-10-5-4-6-11-15)16-12-8-7-9-14(16)13-22-20/h4-5,7-10,12-13H,6,11,21H2,1-3H3. The van der Waals surface area contributed by atoms with E-state index in [1.54, 1.807) is 20.8 Å². The van der Waals surface area contributed by atoms with Crippen LogP contribution in [0.25, 0.3) is 0 Å². The molecule has 136 valence electrons. The van der Waals surface area contributed by atoms with Crippen LogP contribution in [-0.2, 0) is 14.3 Å². The molecule has 1 aromatic rings. The summed E-state index contributed by atoms with van der Waals surface area (Å²) in [7, 11) is 0. The lowest BCUT2D eigenvalue weighted by molar-refractivity contribution is -0.163. The molecule has 3 rings (SSSR count). The van der Waals surface area contributed by atoms with Crippen LogP contribution in [0.1, 0.15) is 39.2 Å². The molecule has 0 aromatic heterocycles. The fourth-order valence-corrected chi connectivity index (χ4v) is 2.86. The van der Waals surface area contributed by atoms with E-state index in [0.29, 0.717) is 17.7 Å². The quantitative estimate of drug-likeness (QED) is 0.654. The van der Waals surface area contributed by atoms with Gasteiger partial charge < -0.3 is 4.74 Å². The van der Waals surface area contributed by atoms with Gasteiger partial charge in [-0.15, -0.1) is 0 Å². The largest absolute Gasteiger partial charge is 0.457 e. The van der Waals surface area contributed by atoms with Crippen molar-refractivity contribution >= 4 is 23.8 Å². The predicted molar refractivity (Wildman–Crippen MR) is 101 cm³/mol. The SMILES string of the molecule is CC(C)(C)OC(=O)C1(N)N=Cc2ccccc2N(C2=CC=CCC2)C1=O. The van der Waals surface area contributed by atoms with Gasteiger partial charge >= 0.3 is 5.97 Å². The number of amides is 1. The first-order valence-electron chi connectivity index (χ1n) is 8.59. The first-order valence-corrected chi connectivity index (χ1v) is 8.59. The maximum absolute atomic E-state index is 13.4. The summed E-state index contributed by atoms with van der Waals surface area (Å²) >= 11 is 0. The Morgan fingerprint density at radius 1 is 1.31 bits per heavy atom. The Balaban J connectivity index is 2.11. The van der Waals surface area contributed by atoms with E-state index in [0.717, 1.165) is 12.1 Å². The molecule has 1 aliphatic heterocycles. The monoisotopic (exact) mass is 353 g/mol. The van der Waals surface area contributed by atoms with E-state index in [1.165, 1.54) is 11.1 Å². The number of benzodiazepines with no additional fused rings is 1. The fraction of sp³-hybridized carbons (Fsp3) is 0.350. The third kappa shape index (κ3) is 3.32. The number of fused-ring (bicyclic) bond motifs is 1. The fourth-order valence-electron chi connectivity index (χ4n) is 2.86. The third-order valence-electron chi connectivity index (χ3n) is 4.10. The number of allylic oxidation sites excluding steroid dienone is 4. The number of aliphatic imine (C=N–C) groups is 1. The number of anilines is 1. The Bertz CT molecular complexity index is 833. The summed E-state index contributed by atoms with van der Waals surface area (Å²) in [6.45, 7) is 5.17. The zero-order chi connectivity index (χ0) is 18.9. The minimum atomic E-state index is -2.13. The van der Waals surface area contributed by atoms with Gasteiger partial charge in [0.2, 0.25) is 0 Å². The van der Waals surface area contributed by atoms with Crippen molar-refractivity contribution in [3.05, 3.63) is 53.8 Å². The van der Waals surface area contributed by atoms with Crippen molar-refractivity contribution in [3.63, 3.8) is 0 Å². The van der Waals surface area contributed by atoms with Crippen molar-refractivity contribution in [1.82, 2.24) is 0 Å². The van der Waals surface area contributed by atoms with E-state index in [-0.39, 0.29) is 0 Å². The number of para-hydroxylation sites is 1. The van der Waals surface area contributed by atoms with Gasteiger partial charge in [-0.3, -0.25) is 15.4 Å². The lowest BCUT2D eigenvalue weighted by atomic mass is 10.0. The van der Waals surface area contributed by atoms with Crippen molar-refractivity contribution in [1.29, 1.82) is 0 Å². The molecule has 0 fully saturated rings. The molecule has 0 bridgehead atoms. The molecule has 6 heteroatoms. The molecule has 1 heterocycles. The van der Waals surface area contributed by atoms with Crippen molar-refractivity contribution in [2.75, 3.05) is 4.90 Å². The summed E-state index contributed by atoms with van der Waals surface area (Å²) in [5, 5.41) is 0. The predicted octanol–water partition coefficient (Wildman–Crippen LogP) is 2.68. The topological polar surface area (TPSA) is 85.0 Å². The van der Waals surface area contributed by atoms with Crippen LogP contribution in [0, 0.1) is 0 Å². The van der Waals surface area contributed by atoms with Crippen LogP contribution < -0.4 is 10.6 Å². The highest BCUT2D eigenvalue weighted by Crippen LogP contribution is 2.32. The van der Waals surface area contributed by atoms with E-state index >= 15 is 0 Å². The second kappa shape index (κ2) is 6.53. The van der Waals surface area contributed by atoms with Crippen molar-refractivity contribution < 1.29 is 14.3 Å². The van der Waals surface area contributed by atoms with Gasteiger partial charge in [0.15, 0.2) is 0 Å². The van der Waals surface area contributed by atoms with Crippen molar-refractivity contribution in [3.8, 4) is 0 Å². The van der Waals surface area contributed by atoms with Crippen LogP contribution in [0.4, 0.5) is 5.69 Å². The number of hydrogen-bond acceptors (Lipinski definition) is 5. The molecule has 2 aliphatic rings. The molecule has 6 nitrogen and oxygen atoms in total. The molecular formula is C20H23N3O3. The van der Waals surface area contributed by atoms with Crippen molar-refractivity contribution in [2.24, 2.45) is 10.7 Å². The first-order chi connectivity index (χ1) is 12.2. The molecule has 0 radical (unpaired) electrons. The van der Waals surface area contributed by atoms with E-state index in [4.69, 9.17) is 10.5 Å². The van der Waals surface area contributed by atoms with Crippen LogP contribution >= 0.6 is 0 Å². The average molecular weight is 353 g/mol. The number of rotatable bonds is 2. The number of benzene rings is 1. The number of esters is 1. The van der Waals surface area contributed by atoms with E-state index in [1.807, 2.05) is 42.5 Å². The average Bonchev–Trinajstić information content (AvgIpc) is 2.70. The Kier molecular flexibility index (Phi) is 4.54. The summed E-state index contributed by atoms with van der Waals surface area (Å²) in [6.07, 6.45) is 8.73. The number of carbonyl (C=O) groups is 2. The number of carbonyl (C=O) groups excluding carboxylic acids is 2. The van der Waals surface area contributed by atoms with Crippen LogP contribution in [-0.4, -0.2) is 29.4 Å². The third-order valence-corrected chi connectivity index (χ3v) is 4.10. The summed E-state index contributed by atoms with van der Waals surface area (Å²) in [4.78, 5) is 31.8. The zero-order valence-corrected chi connectivity index (χ0v) is 15.2. The molecule has 1 atom stereocenters. The number of nitrogens with two attached hydrogens (primary N) is 1. The lowest BCUT2D eigenvalue weighted by Gasteiger charge is -2.32. The van der Waals surface area contributed by atoms with E-state index in [9.17, 15) is 9.59 Å². The van der Waals surface area contributed by atoms with Gasteiger partial charge in [0.05, 0.1) is 5.69 Å². The Morgan fingerprint density at radius 2 is 2.04 bits per heavy atom. The molecule has 1 aromatic carbocycles. The van der Waals surface area contributed by atoms with E-state index in [2.05, 4.69) is 4.99 Å². The molecule has 2 N–H and O–H groups in total. The van der Waals surface area contributed by atoms with Gasteiger partial charge in [0, 0.05) is 17.5 Å². The highest BCUT2D eigenvalue weighted by molar-refractivity contribution is 6.18. The lowest BCUT2D eigenvalue weighted by Crippen LogP contribution is -2.60. The normalized spacial score (nSPS) is 22.5. The second-order valence-electron chi connectivity index (χ2n) is 7.35. The minimum absolute atomic E-state index is 0.616. The van der Waals surface area contributed by atoms with Gasteiger partial charge in [-0.25, -0.2) is 9.79 Å². The highest BCUT2D eigenvalue weighted by Gasteiger charge is 2.49. The van der Waals surface area contributed by atoms with Crippen LogP contribution in [0.15, 0.2) is 53.2 Å². The summed E-state index contributed by atoms with van der Waals surface area (Å²) in [6, 6.07) is 7.33. The molecule has 1 amide bonds. The Labute approximate surface area is 153 Å². The summed E-state index contributed by atoms with van der Waals surface area (Å²) < 4.78 is 5.38. The van der Waals surface area contributed by atoms with Crippen LogP contribution in [0.5, 0.6) is 0 Å². The summed E-state index contributed by atoms with van der Waals surface area (Å²) in [5.74, 6) is -1.48. The molecule has 1 unspecified atom stereocenters. The first kappa shape index (κ1) is 18.1. The van der Waals surface area contributed by atoms with Gasteiger partial charge in [0.1, 0.15) is 5.60 Å². The number of nitrogens with zero attached hydrogens (tertiary/aromatic N) is 2. The van der Waals surface area contributed by atoms with Crippen LogP contribution in [0.3, 0.4) is 0 Å². The van der Waals surface area contributed by atoms with Gasteiger partial charge in [-0.1, -0.05) is 30.4 Å². The molecule has 0 spiro atoms. The minimum Gasteiger partial charge on any atom is -0.457 e. The Morgan fingerprint density at radius 3 is 2.69 bits per heavy atom. The molecular weight excluding hydrogens is 330 g/mol. The maximum Gasteiger partial charge on any atom is 0.359 e. The Hall–Kier alpha value is -2.73. The van der Waals surface area contributed by atoms with Gasteiger partial charge in [-0.05, 0) is 45.8 Å². The van der Waals surface area contributed by atoms with Gasteiger partial charge in [0.25, 0.3) is 11.6 Å². The maximum atomic E-state index is 13.4. The highest BCUT2D eigenvalue weighted by atomic mass is 16.6. The summed E-state index contributed by atoms with van der Waals surface area (Å²) in [5.41, 5.74) is 5.45. The van der Waals surface area contributed by atoms with Gasteiger partial charge in [-0.2, -0.15) is 0 Å². The molecule has 0 saturated heterocycles. The molecule has 1 aliphatic carbocycles. The molecule has 26 heavy (non-hydrogen) atoms.